The molecule has 18 heavy (non-hydrogen) atoms. The summed E-state index contributed by atoms with van der Waals surface area (Å²) < 4.78 is 0. The summed E-state index contributed by atoms with van der Waals surface area (Å²) in [6.45, 7) is 0.609. The summed E-state index contributed by atoms with van der Waals surface area (Å²) in [4.78, 5) is 12.0. The van der Waals surface area contributed by atoms with Crippen molar-refractivity contribution in [3.63, 3.8) is 0 Å². The molecule has 3 N–H and O–H groups in total. The van der Waals surface area contributed by atoms with Crippen LogP contribution in [0.15, 0.2) is 24.3 Å². The third-order valence-electron chi connectivity index (χ3n) is 3.54. The van der Waals surface area contributed by atoms with Gasteiger partial charge < -0.3 is 11.1 Å². The Morgan fingerprint density at radius 1 is 1.39 bits per heavy atom. The lowest BCUT2D eigenvalue weighted by Crippen LogP contribution is -2.52. The van der Waals surface area contributed by atoms with Crippen LogP contribution in [0.4, 0.5) is 0 Å². The SMILES string of the molecule is NC1(C(=O)NCCc2cccc(Cl)c2)CCCC1. The molecule has 0 aromatic heterocycles. The number of rotatable bonds is 4. The third-order valence-corrected chi connectivity index (χ3v) is 3.77. The molecule has 0 spiro atoms. The quantitative estimate of drug-likeness (QED) is 0.878. The van der Waals surface area contributed by atoms with Gasteiger partial charge in [-0.2, -0.15) is 0 Å². The fourth-order valence-corrected chi connectivity index (χ4v) is 2.63. The molecule has 2 rings (SSSR count). The van der Waals surface area contributed by atoms with Gasteiger partial charge in [0.05, 0.1) is 5.54 Å². The first kappa shape index (κ1) is 13.4. The van der Waals surface area contributed by atoms with Gasteiger partial charge in [-0.1, -0.05) is 36.6 Å². The van der Waals surface area contributed by atoms with Crippen LogP contribution in [0, 0.1) is 0 Å². The molecule has 0 bridgehead atoms. The Labute approximate surface area is 113 Å². The lowest BCUT2D eigenvalue weighted by atomic mass is 9.98. The van der Waals surface area contributed by atoms with Crippen LogP contribution in [0.1, 0.15) is 31.2 Å². The van der Waals surface area contributed by atoms with Gasteiger partial charge in [0, 0.05) is 11.6 Å². The second-order valence-corrected chi connectivity index (χ2v) is 5.44. The predicted molar refractivity (Wildman–Crippen MR) is 73.6 cm³/mol. The molecule has 1 aromatic carbocycles. The zero-order chi connectivity index (χ0) is 13.0. The molecule has 98 valence electrons. The molecule has 0 atom stereocenters. The summed E-state index contributed by atoms with van der Waals surface area (Å²) in [7, 11) is 0. The van der Waals surface area contributed by atoms with Gasteiger partial charge in [-0.3, -0.25) is 4.79 Å². The van der Waals surface area contributed by atoms with Crippen LogP contribution in [0.25, 0.3) is 0 Å². The fourth-order valence-electron chi connectivity index (χ4n) is 2.42. The molecule has 0 unspecified atom stereocenters. The minimum absolute atomic E-state index is 0.0120. The first-order valence-corrected chi connectivity index (χ1v) is 6.80. The fraction of sp³-hybridized carbons (Fsp3) is 0.500. The summed E-state index contributed by atoms with van der Waals surface area (Å²) in [6, 6.07) is 7.69. The highest BCUT2D eigenvalue weighted by molar-refractivity contribution is 6.30. The summed E-state index contributed by atoms with van der Waals surface area (Å²) in [5.74, 6) is -0.0120. The molecule has 3 nitrogen and oxygen atoms in total. The van der Waals surface area contributed by atoms with Crippen molar-refractivity contribution < 1.29 is 4.79 Å². The lowest BCUT2D eigenvalue weighted by Gasteiger charge is -2.22. The van der Waals surface area contributed by atoms with E-state index in [0.717, 1.165) is 42.7 Å². The van der Waals surface area contributed by atoms with Gasteiger partial charge in [0.25, 0.3) is 0 Å². The van der Waals surface area contributed by atoms with E-state index in [1.807, 2.05) is 24.3 Å². The number of hydrogen-bond acceptors (Lipinski definition) is 2. The van der Waals surface area contributed by atoms with Crippen molar-refractivity contribution >= 4 is 17.5 Å². The van der Waals surface area contributed by atoms with E-state index in [0.29, 0.717) is 6.54 Å². The summed E-state index contributed by atoms with van der Waals surface area (Å²) in [6.07, 6.45) is 4.49. The summed E-state index contributed by atoms with van der Waals surface area (Å²) >= 11 is 5.90. The average molecular weight is 267 g/mol. The van der Waals surface area contributed by atoms with Gasteiger partial charge in [-0.15, -0.1) is 0 Å². The molecule has 1 amide bonds. The maximum absolute atomic E-state index is 12.0. The number of carbonyl (C=O) groups excluding carboxylic acids is 1. The molecule has 1 aromatic rings. The summed E-state index contributed by atoms with van der Waals surface area (Å²) in [5, 5.41) is 3.65. The number of amides is 1. The zero-order valence-corrected chi connectivity index (χ0v) is 11.2. The van der Waals surface area contributed by atoms with Crippen LogP contribution in [-0.2, 0) is 11.2 Å². The number of hydrogen-bond donors (Lipinski definition) is 2. The van der Waals surface area contributed by atoms with Crippen molar-refractivity contribution in [1.82, 2.24) is 5.32 Å². The largest absolute Gasteiger partial charge is 0.354 e. The highest BCUT2D eigenvalue weighted by Crippen LogP contribution is 2.27. The third kappa shape index (κ3) is 3.24. The normalized spacial score (nSPS) is 17.7. The Bertz CT molecular complexity index is 428. The molecule has 0 heterocycles. The topological polar surface area (TPSA) is 55.1 Å². The van der Waals surface area contributed by atoms with E-state index in [4.69, 9.17) is 17.3 Å². The minimum Gasteiger partial charge on any atom is -0.354 e. The van der Waals surface area contributed by atoms with Gasteiger partial charge in [0.15, 0.2) is 0 Å². The Morgan fingerprint density at radius 2 is 2.11 bits per heavy atom. The average Bonchev–Trinajstić information content (AvgIpc) is 2.77. The predicted octanol–water partition coefficient (Wildman–Crippen LogP) is 2.27. The van der Waals surface area contributed by atoms with Crippen molar-refractivity contribution in [2.45, 2.75) is 37.6 Å². The van der Waals surface area contributed by atoms with Crippen LogP contribution in [0.3, 0.4) is 0 Å². The van der Waals surface area contributed by atoms with E-state index < -0.39 is 5.54 Å². The van der Waals surface area contributed by atoms with Crippen LogP contribution in [-0.4, -0.2) is 18.0 Å². The summed E-state index contributed by atoms with van der Waals surface area (Å²) in [5.41, 5.74) is 6.57. The van der Waals surface area contributed by atoms with E-state index in [1.54, 1.807) is 0 Å². The maximum atomic E-state index is 12.0. The van der Waals surface area contributed by atoms with Crippen molar-refractivity contribution in [3.8, 4) is 0 Å². The first-order chi connectivity index (χ1) is 8.60. The van der Waals surface area contributed by atoms with E-state index >= 15 is 0 Å². The molecule has 1 aliphatic carbocycles. The number of nitrogens with two attached hydrogens (primary N) is 1. The first-order valence-electron chi connectivity index (χ1n) is 6.42. The number of carbonyl (C=O) groups is 1. The minimum atomic E-state index is -0.631. The molecule has 1 aliphatic rings. The van der Waals surface area contributed by atoms with E-state index in [-0.39, 0.29) is 5.91 Å². The monoisotopic (exact) mass is 266 g/mol. The smallest absolute Gasteiger partial charge is 0.240 e. The van der Waals surface area contributed by atoms with Gasteiger partial charge in [0.1, 0.15) is 0 Å². The van der Waals surface area contributed by atoms with Crippen molar-refractivity contribution in [2.75, 3.05) is 6.54 Å². The Balaban J connectivity index is 1.80. The van der Waals surface area contributed by atoms with Gasteiger partial charge in [-0.05, 0) is 37.0 Å². The van der Waals surface area contributed by atoms with Crippen LogP contribution in [0.5, 0.6) is 0 Å². The van der Waals surface area contributed by atoms with Crippen LogP contribution >= 0.6 is 11.6 Å². The molecular weight excluding hydrogens is 248 g/mol. The highest BCUT2D eigenvalue weighted by Gasteiger charge is 2.36. The molecule has 0 saturated heterocycles. The molecule has 0 aliphatic heterocycles. The van der Waals surface area contributed by atoms with Gasteiger partial charge in [0.2, 0.25) is 5.91 Å². The zero-order valence-electron chi connectivity index (χ0n) is 10.4. The van der Waals surface area contributed by atoms with E-state index in [1.165, 1.54) is 0 Å². The Morgan fingerprint density at radius 3 is 2.78 bits per heavy atom. The van der Waals surface area contributed by atoms with Gasteiger partial charge >= 0.3 is 0 Å². The van der Waals surface area contributed by atoms with Crippen LogP contribution < -0.4 is 11.1 Å². The van der Waals surface area contributed by atoms with Crippen molar-refractivity contribution in [3.05, 3.63) is 34.9 Å². The maximum Gasteiger partial charge on any atom is 0.240 e. The second-order valence-electron chi connectivity index (χ2n) is 5.00. The molecule has 1 saturated carbocycles. The Hall–Kier alpha value is -1.06. The second kappa shape index (κ2) is 5.72. The van der Waals surface area contributed by atoms with Gasteiger partial charge in [-0.25, -0.2) is 0 Å². The van der Waals surface area contributed by atoms with E-state index in [9.17, 15) is 4.79 Å². The highest BCUT2D eigenvalue weighted by atomic mass is 35.5. The van der Waals surface area contributed by atoms with Crippen molar-refractivity contribution in [1.29, 1.82) is 0 Å². The lowest BCUT2D eigenvalue weighted by molar-refractivity contribution is -0.126. The van der Waals surface area contributed by atoms with E-state index in [2.05, 4.69) is 5.32 Å². The van der Waals surface area contributed by atoms with Crippen LogP contribution in [0.2, 0.25) is 5.02 Å². The molecular formula is C14H19ClN2O. The Kier molecular flexibility index (Phi) is 4.25. The molecule has 0 radical (unpaired) electrons. The number of nitrogens with one attached hydrogen (secondary N) is 1. The molecule has 1 fully saturated rings. The number of benzene rings is 1. The number of halogens is 1. The van der Waals surface area contributed by atoms with Crippen molar-refractivity contribution in [2.24, 2.45) is 5.73 Å². The molecule has 4 heteroatoms. The standard InChI is InChI=1S/C14H19ClN2O/c15-12-5-3-4-11(10-12)6-9-17-13(18)14(16)7-1-2-8-14/h3-5,10H,1-2,6-9,16H2,(H,17,18).